The molecular formula is C37H59N3O7. The van der Waals surface area contributed by atoms with Crippen molar-refractivity contribution < 1.29 is 33.4 Å². The highest BCUT2D eigenvalue weighted by molar-refractivity contribution is 5.91. The van der Waals surface area contributed by atoms with Gasteiger partial charge in [-0.3, -0.25) is 14.4 Å². The average Bonchev–Trinajstić information content (AvgIpc) is 3.04. The van der Waals surface area contributed by atoms with Crippen molar-refractivity contribution in [2.75, 3.05) is 27.9 Å². The van der Waals surface area contributed by atoms with Gasteiger partial charge in [-0.25, -0.2) is 4.79 Å². The Morgan fingerprint density at radius 3 is 2.17 bits per heavy atom. The van der Waals surface area contributed by atoms with Crippen LogP contribution in [-0.4, -0.2) is 68.5 Å². The van der Waals surface area contributed by atoms with E-state index in [0.29, 0.717) is 17.9 Å². The summed E-state index contributed by atoms with van der Waals surface area (Å²) in [6.45, 7) is 15.6. The molecule has 0 saturated carbocycles. The van der Waals surface area contributed by atoms with E-state index in [9.17, 15) is 19.2 Å². The quantitative estimate of drug-likeness (QED) is 0.0796. The van der Waals surface area contributed by atoms with Crippen molar-refractivity contribution in [2.45, 2.75) is 104 Å². The number of benzene rings is 1. The van der Waals surface area contributed by atoms with Gasteiger partial charge < -0.3 is 29.7 Å². The zero-order valence-corrected chi connectivity index (χ0v) is 29.8. The molecule has 0 bridgehead atoms. The van der Waals surface area contributed by atoms with Gasteiger partial charge in [0.05, 0.1) is 20.8 Å². The number of ether oxygens (including phenoxy) is 3. The maximum absolute atomic E-state index is 13.7. The zero-order valence-electron chi connectivity index (χ0n) is 29.8. The Labute approximate surface area is 282 Å². The van der Waals surface area contributed by atoms with Crippen molar-refractivity contribution in [3.05, 3.63) is 49.1 Å². The molecule has 0 saturated heterocycles. The zero-order chi connectivity index (χ0) is 35.4. The standard InChI is InChI=1S/C37H59N3O7/c1-10-14-15-16-19-27(17-11-2)34(41)38-31(22-26(5)6)35(42)39-32(37(44)47-13-4)23-28(18-12-3)36(43)40(7)25-29-20-21-30(45-8)24-33(29)46-9/h10,12,20-21,24,26-28,31-32H,1,3,11,13-19,22-23,25H2,2,4-9H3,(H,38,41)(H,39,42)/t27?,28?,31-,32-/m0/s1. The summed E-state index contributed by atoms with van der Waals surface area (Å²) in [5.74, 6) is -1.06. The van der Waals surface area contributed by atoms with Crippen molar-refractivity contribution in [3.63, 3.8) is 0 Å². The predicted molar refractivity (Wildman–Crippen MR) is 186 cm³/mol. The van der Waals surface area contributed by atoms with E-state index in [1.165, 1.54) is 0 Å². The van der Waals surface area contributed by atoms with Gasteiger partial charge in [0.15, 0.2) is 0 Å². The van der Waals surface area contributed by atoms with Crippen LogP contribution >= 0.6 is 0 Å². The Balaban J connectivity index is 3.19. The van der Waals surface area contributed by atoms with E-state index in [1.54, 1.807) is 51.3 Å². The van der Waals surface area contributed by atoms with E-state index in [0.717, 1.165) is 44.1 Å². The molecule has 1 rings (SSSR count). The Hall–Kier alpha value is -3.82. The first-order chi connectivity index (χ1) is 22.4. The van der Waals surface area contributed by atoms with Gasteiger partial charge in [-0.2, -0.15) is 0 Å². The Morgan fingerprint density at radius 2 is 1.60 bits per heavy atom. The summed E-state index contributed by atoms with van der Waals surface area (Å²) in [7, 11) is 4.80. The van der Waals surface area contributed by atoms with Crippen LogP contribution in [0.2, 0.25) is 0 Å². The van der Waals surface area contributed by atoms with Crippen molar-refractivity contribution >= 4 is 23.7 Å². The number of esters is 1. The van der Waals surface area contributed by atoms with E-state index in [2.05, 4.69) is 23.8 Å². The third-order valence-corrected chi connectivity index (χ3v) is 8.05. The molecule has 47 heavy (non-hydrogen) atoms. The monoisotopic (exact) mass is 657 g/mol. The highest BCUT2D eigenvalue weighted by Crippen LogP contribution is 2.27. The van der Waals surface area contributed by atoms with Crippen molar-refractivity contribution in [1.82, 2.24) is 15.5 Å². The second-order valence-corrected chi connectivity index (χ2v) is 12.4. The largest absolute Gasteiger partial charge is 0.497 e. The van der Waals surface area contributed by atoms with Crippen molar-refractivity contribution in [2.24, 2.45) is 17.8 Å². The van der Waals surface area contributed by atoms with Gasteiger partial charge in [0.1, 0.15) is 23.6 Å². The lowest BCUT2D eigenvalue weighted by molar-refractivity contribution is -0.149. The maximum Gasteiger partial charge on any atom is 0.328 e. The third kappa shape index (κ3) is 14.6. The number of amides is 3. The molecule has 10 heteroatoms. The van der Waals surface area contributed by atoms with E-state index >= 15 is 0 Å². The van der Waals surface area contributed by atoms with Gasteiger partial charge in [-0.15, -0.1) is 13.2 Å². The number of carbonyl (C=O) groups is 4. The number of allylic oxidation sites excluding steroid dienone is 2. The Bertz CT molecular complexity index is 1150. The molecule has 0 aliphatic carbocycles. The first-order valence-corrected chi connectivity index (χ1v) is 16.9. The molecule has 0 aliphatic rings. The van der Waals surface area contributed by atoms with Crippen LogP contribution in [0.3, 0.4) is 0 Å². The van der Waals surface area contributed by atoms with Crippen LogP contribution in [0, 0.1) is 17.8 Å². The van der Waals surface area contributed by atoms with Crippen LogP contribution in [0.5, 0.6) is 11.5 Å². The number of unbranched alkanes of at least 4 members (excludes halogenated alkanes) is 2. The SMILES string of the molecule is C=CCCCCC(CCC)C(=O)N[C@@H](CC(C)C)C(=O)N[C@@H](CC(CC=C)C(=O)N(C)Cc1ccc(OC)cc1OC)C(=O)OCC. The first-order valence-electron chi connectivity index (χ1n) is 16.9. The summed E-state index contributed by atoms with van der Waals surface area (Å²) in [5.41, 5.74) is 0.783. The number of methoxy groups -OCH3 is 2. The van der Waals surface area contributed by atoms with Crippen LogP contribution in [0.1, 0.15) is 91.0 Å². The summed E-state index contributed by atoms with van der Waals surface area (Å²) in [6.07, 6.45) is 9.24. The second-order valence-electron chi connectivity index (χ2n) is 12.4. The van der Waals surface area contributed by atoms with Crippen LogP contribution in [0.4, 0.5) is 0 Å². The molecule has 2 unspecified atom stereocenters. The molecule has 264 valence electrons. The molecule has 0 spiro atoms. The summed E-state index contributed by atoms with van der Waals surface area (Å²) in [5, 5.41) is 5.81. The molecule has 0 aromatic heterocycles. The number of carbonyl (C=O) groups excluding carboxylic acids is 4. The van der Waals surface area contributed by atoms with Gasteiger partial charge in [0, 0.05) is 37.1 Å². The molecular weight excluding hydrogens is 598 g/mol. The number of hydrogen-bond acceptors (Lipinski definition) is 7. The van der Waals surface area contributed by atoms with E-state index in [4.69, 9.17) is 14.2 Å². The van der Waals surface area contributed by atoms with Gasteiger partial charge in [-0.05, 0) is 69.9 Å². The molecule has 1 aromatic rings. The lowest BCUT2D eigenvalue weighted by Crippen LogP contribution is -2.54. The Morgan fingerprint density at radius 1 is 0.894 bits per heavy atom. The molecule has 0 aliphatic heterocycles. The third-order valence-electron chi connectivity index (χ3n) is 8.05. The molecule has 2 N–H and O–H groups in total. The summed E-state index contributed by atoms with van der Waals surface area (Å²) in [6, 6.07) is 3.44. The van der Waals surface area contributed by atoms with Gasteiger partial charge in [0.2, 0.25) is 17.7 Å². The van der Waals surface area contributed by atoms with Crippen LogP contribution in [0.15, 0.2) is 43.5 Å². The Kier molecular flexibility index (Phi) is 19.9. The highest BCUT2D eigenvalue weighted by Gasteiger charge is 2.33. The normalized spacial score (nSPS) is 13.4. The van der Waals surface area contributed by atoms with Gasteiger partial charge in [-0.1, -0.05) is 45.8 Å². The fraction of sp³-hybridized carbons (Fsp3) is 0.622. The molecule has 3 amide bonds. The van der Waals surface area contributed by atoms with E-state index in [1.807, 2.05) is 32.9 Å². The fourth-order valence-electron chi connectivity index (χ4n) is 5.57. The number of rotatable bonds is 24. The van der Waals surface area contributed by atoms with Crippen molar-refractivity contribution in [3.8, 4) is 11.5 Å². The van der Waals surface area contributed by atoms with E-state index < -0.39 is 29.9 Å². The fourth-order valence-corrected chi connectivity index (χ4v) is 5.57. The van der Waals surface area contributed by atoms with Crippen LogP contribution < -0.4 is 20.1 Å². The minimum atomic E-state index is -1.10. The average molecular weight is 658 g/mol. The lowest BCUT2D eigenvalue weighted by atomic mass is 9.93. The summed E-state index contributed by atoms with van der Waals surface area (Å²) >= 11 is 0. The van der Waals surface area contributed by atoms with Crippen molar-refractivity contribution in [1.29, 1.82) is 0 Å². The smallest absolute Gasteiger partial charge is 0.328 e. The van der Waals surface area contributed by atoms with Gasteiger partial charge in [0.25, 0.3) is 0 Å². The van der Waals surface area contributed by atoms with E-state index in [-0.39, 0.29) is 49.6 Å². The summed E-state index contributed by atoms with van der Waals surface area (Å²) in [4.78, 5) is 55.6. The number of nitrogens with one attached hydrogen (secondary N) is 2. The maximum atomic E-state index is 13.7. The van der Waals surface area contributed by atoms with Crippen LogP contribution in [0.25, 0.3) is 0 Å². The minimum absolute atomic E-state index is 0.00359. The molecule has 0 radical (unpaired) electrons. The molecule has 0 fully saturated rings. The molecule has 1 aromatic carbocycles. The van der Waals surface area contributed by atoms with Gasteiger partial charge >= 0.3 is 5.97 Å². The molecule has 4 atom stereocenters. The lowest BCUT2D eigenvalue weighted by Gasteiger charge is -2.28. The number of nitrogens with zero attached hydrogens (tertiary/aromatic N) is 1. The highest BCUT2D eigenvalue weighted by atomic mass is 16.5. The van der Waals surface area contributed by atoms with Crippen LogP contribution in [-0.2, 0) is 30.5 Å². The molecule has 10 nitrogen and oxygen atoms in total. The second kappa shape index (κ2) is 22.7. The number of hydrogen-bond donors (Lipinski definition) is 2. The molecule has 0 heterocycles. The predicted octanol–water partition coefficient (Wildman–Crippen LogP) is 5.99. The first kappa shape index (κ1) is 41.2. The minimum Gasteiger partial charge on any atom is -0.497 e. The summed E-state index contributed by atoms with van der Waals surface area (Å²) < 4.78 is 16.1. The topological polar surface area (TPSA) is 123 Å².